The predicted octanol–water partition coefficient (Wildman–Crippen LogP) is 1.09. The number of fused-ring (bicyclic) bond motifs is 2. The Kier molecular flexibility index (Phi) is 3.28. The smallest absolute Gasteiger partial charge is 0.332 e. The molecule has 0 N–H and O–H groups in total. The molecule has 0 amide bonds. The summed E-state index contributed by atoms with van der Waals surface area (Å²) in [6.45, 7) is 0.386. The number of benzene rings is 1. The van der Waals surface area contributed by atoms with E-state index in [-0.39, 0.29) is 17.0 Å². The number of ether oxygens (including phenoxy) is 1. The third-order valence-electron chi connectivity index (χ3n) is 4.40. The lowest BCUT2D eigenvalue weighted by Crippen LogP contribution is -2.38. The molecule has 0 bridgehead atoms. The second-order valence-electron chi connectivity index (χ2n) is 5.92. The van der Waals surface area contributed by atoms with Crippen LogP contribution in [-0.2, 0) is 27.1 Å². The minimum atomic E-state index is -0.432. The van der Waals surface area contributed by atoms with Gasteiger partial charge in [-0.05, 0) is 23.2 Å². The molecule has 0 aliphatic carbocycles. The van der Waals surface area contributed by atoms with E-state index in [9.17, 15) is 9.59 Å². The fourth-order valence-corrected chi connectivity index (χ4v) is 3.38. The fraction of sp³-hybridized carbons (Fsp3) is 0.312. The maximum absolute atomic E-state index is 12.5. The Morgan fingerprint density at radius 1 is 1.25 bits per heavy atom. The molecular formula is C16H15ClN4O3. The number of rotatable bonds is 2. The fourth-order valence-electron chi connectivity index (χ4n) is 3.15. The van der Waals surface area contributed by atoms with E-state index in [1.807, 2.05) is 24.3 Å². The quantitative estimate of drug-likeness (QED) is 0.651. The standard InChI is InChI=1S/C16H15ClN4O3/c1-19-13-12(14(22)20(2)16(19)23)21(15(17)18-13)8-10-7-9-5-3-4-6-11(9)24-10/h3-6,10H,7-8H2,1-2H3. The molecule has 0 saturated heterocycles. The van der Waals surface area contributed by atoms with Crippen molar-refractivity contribution in [1.29, 1.82) is 0 Å². The normalized spacial score (nSPS) is 16.4. The second kappa shape index (κ2) is 5.24. The Labute approximate surface area is 141 Å². The molecule has 24 heavy (non-hydrogen) atoms. The molecule has 124 valence electrons. The van der Waals surface area contributed by atoms with Crippen LogP contribution in [0.4, 0.5) is 0 Å². The van der Waals surface area contributed by atoms with E-state index in [1.54, 1.807) is 11.6 Å². The minimum Gasteiger partial charge on any atom is -0.488 e. The topological polar surface area (TPSA) is 71.0 Å². The predicted molar refractivity (Wildman–Crippen MR) is 89.8 cm³/mol. The first-order valence-corrected chi connectivity index (χ1v) is 7.91. The molecule has 4 rings (SSSR count). The third-order valence-corrected chi connectivity index (χ3v) is 4.69. The lowest BCUT2D eigenvalue weighted by atomic mass is 10.1. The van der Waals surface area contributed by atoms with Gasteiger partial charge in [0.25, 0.3) is 5.56 Å². The van der Waals surface area contributed by atoms with Crippen LogP contribution in [0.25, 0.3) is 11.2 Å². The van der Waals surface area contributed by atoms with Gasteiger partial charge in [-0.1, -0.05) is 18.2 Å². The van der Waals surface area contributed by atoms with Crippen molar-refractivity contribution >= 4 is 22.8 Å². The molecule has 8 heteroatoms. The Balaban J connectivity index is 1.80. The van der Waals surface area contributed by atoms with Gasteiger partial charge < -0.3 is 9.30 Å². The van der Waals surface area contributed by atoms with Crippen LogP contribution in [0.3, 0.4) is 0 Å². The average Bonchev–Trinajstić information content (AvgIpc) is 3.12. The maximum Gasteiger partial charge on any atom is 0.332 e. The molecule has 3 aromatic rings. The molecule has 0 spiro atoms. The van der Waals surface area contributed by atoms with E-state index >= 15 is 0 Å². The number of para-hydroxylation sites is 1. The second-order valence-corrected chi connectivity index (χ2v) is 6.26. The van der Waals surface area contributed by atoms with Crippen molar-refractivity contribution < 1.29 is 4.74 Å². The van der Waals surface area contributed by atoms with Crippen molar-refractivity contribution in [2.75, 3.05) is 0 Å². The van der Waals surface area contributed by atoms with Gasteiger partial charge in [0.05, 0.1) is 6.54 Å². The van der Waals surface area contributed by atoms with Crippen LogP contribution in [0, 0.1) is 0 Å². The lowest BCUT2D eigenvalue weighted by molar-refractivity contribution is 0.211. The summed E-state index contributed by atoms with van der Waals surface area (Å²) >= 11 is 6.24. The summed E-state index contributed by atoms with van der Waals surface area (Å²) in [5.74, 6) is 0.850. The van der Waals surface area contributed by atoms with Crippen LogP contribution in [-0.4, -0.2) is 24.8 Å². The molecule has 1 aliphatic rings. The van der Waals surface area contributed by atoms with Gasteiger partial charge in [0.15, 0.2) is 11.2 Å². The number of nitrogens with zero attached hydrogens (tertiary/aromatic N) is 4. The van der Waals surface area contributed by atoms with E-state index in [0.717, 1.165) is 22.3 Å². The molecule has 3 heterocycles. The van der Waals surface area contributed by atoms with E-state index in [1.165, 1.54) is 11.6 Å². The number of hydrogen-bond donors (Lipinski definition) is 0. The summed E-state index contributed by atoms with van der Waals surface area (Å²) in [6, 6.07) is 7.83. The highest BCUT2D eigenvalue weighted by Crippen LogP contribution is 2.29. The molecule has 0 radical (unpaired) electrons. The van der Waals surface area contributed by atoms with Crippen LogP contribution in [0.2, 0.25) is 5.28 Å². The molecule has 7 nitrogen and oxygen atoms in total. The molecule has 0 fully saturated rings. The van der Waals surface area contributed by atoms with Gasteiger partial charge in [0, 0.05) is 20.5 Å². The van der Waals surface area contributed by atoms with E-state index < -0.39 is 11.2 Å². The van der Waals surface area contributed by atoms with Gasteiger partial charge >= 0.3 is 5.69 Å². The number of aryl methyl sites for hydroxylation is 1. The highest BCUT2D eigenvalue weighted by atomic mass is 35.5. The van der Waals surface area contributed by atoms with Crippen LogP contribution in [0.1, 0.15) is 5.56 Å². The zero-order chi connectivity index (χ0) is 17.0. The van der Waals surface area contributed by atoms with E-state index in [2.05, 4.69) is 4.98 Å². The van der Waals surface area contributed by atoms with Gasteiger partial charge in [-0.25, -0.2) is 4.79 Å². The third kappa shape index (κ3) is 2.08. The number of halogens is 1. The molecule has 1 atom stereocenters. The summed E-state index contributed by atoms with van der Waals surface area (Å²) in [5, 5.41) is 0.169. The summed E-state index contributed by atoms with van der Waals surface area (Å²) in [4.78, 5) is 28.7. The van der Waals surface area contributed by atoms with Gasteiger partial charge in [-0.15, -0.1) is 0 Å². The highest BCUT2D eigenvalue weighted by Gasteiger charge is 2.26. The largest absolute Gasteiger partial charge is 0.488 e. The first-order chi connectivity index (χ1) is 11.5. The van der Waals surface area contributed by atoms with Crippen LogP contribution in [0.5, 0.6) is 5.75 Å². The minimum absolute atomic E-state index is 0.140. The van der Waals surface area contributed by atoms with Gasteiger partial charge in [0.2, 0.25) is 5.28 Å². The van der Waals surface area contributed by atoms with Crippen molar-refractivity contribution in [2.24, 2.45) is 14.1 Å². The molecule has 0 saturated carbocycles. The number of imidazole rings is 1. The van der Waals surface area contributed by atoms with Crippen LogP contribution >= 0.6 is 11.6 Å². The Hall–Kier alpha value is -2.54. The summed E-state index contributed by atoms with van der Waals surface area (Å²) < 4.78 is 9.92. The molecule has 1 aliphatic heterocycles. The van der Waals surface area contributed by atoms with E-state index in [0.29, 0.717) is 12.1 Å². The van der Waals surface area contributed by atoms with E-state index in [4.69, 9.17) is 16.3 Å². The Morgan fingerprint density at radius 3 is 2.75 bits per heavy atom. The molecule has 2 aromatic heterocycles. The van der Waals surface area contributed by atoms with Gasteiger partial charge in [0.1, 0.15) is 11.9 Å². The SMILES string of the molecule is Cn1c(=O)c2c(nc(Cl)n2CC2Cc3ccccc3O2)n(C)c1=O. The van der Waals surface area contributed by atoms with Crippen molar-refractivity contribution in [2.45, 2.75) is 19.1 Å². The summed E-state index contributed by atoms with van der Waals surface area (Å²) in [5.41, 5.74) is 0.873. The lowest BCUT2D eigenvalue weighted by Gasteiger charge is -2.13. The zero-order valence-electron chi connectivity index (χ0n) is 13.2. The van der Waals surface area contributed by atoms with Crippen LogP contribution < -0.4 is 16.0 Å². The molecule has 1 unspecified atom stereocenters. The number of aromatic nitrogens is 4. The molecule has 1 aromatic carbocycles. The average molecular weight is 347 g/mol. The first kappa shape index (κ1) is 15.0. The van der Waals surface area contributed by atoms with Crippen molar-refractivity contribution in [3.8, 4) is 5.75 Å². The maximum atomic E-state index is 12.5. The van der Waals surface area contributed by atoms with Crippen molar-refractivity contribution in [3.63, 3.8) is 0 Å². The Bertz CT molecular complexity index is 1050. The monoisotopic (exact) mass is 346 g/mol. The van der Waals surface area contributed by atoms with Gasteiger partial charge in [-0.3, -0.25) is 13.9 Å². The summed E-state index contributed by atoms with van der Waals surface area (Å²) in [7, 11) is 3.01. The van der Waals surface area contributed by atoms with Gasteiger partial charge in [-0.2, -0.15) is 4.98 Å². The Morgan fingerprint density at radius 2 is 2.00 bits per heavy atom. The highest BCUT2D eigenvalue weighted by molar-refractivity contribution is 6.29. The summed E-state index contributed by atoms with van der Waals surface area (Å²) in [6.07, 6.45) is 0.595. The van der Waals surface area contributed by atoms with Crippen molar-refractivity contribution in [3.05, 3.63) is 56.0 Å². The van der Waals surface area contributed by atoms with Crippen LogP contribution in [0.15, 0.2) is 33.9 Å². The number of hydrogen-bond acceptors (Lipinski definition) is 4. The van der Waals surface area contributed by atoms with Crippen molar-refractivity contribution in [1.82, 2.24) is 18.7 Å². The molecular weight excluding hydrogens is 332 g/mol. The first-order valence-electron chi connectivity index (χ1n) is 7.53. The zero-order valence-corrected chi connectivity index (χ0v) is 13.9.